The zero-order chi connectivity index (χ0) is 21.6. The number of ether oxygens (including phenoxy) is 2. The van der Waals surface area contributed by atoms with Gasteiger partial charge >= 0.3 is 11.9 Å². The summed E-state index contributed by atoms with van der Waals surface area (Å²) in [4.78, 5) is 28.5. The molecule has 1 atom stereocenters. The van der Waals surface area contributed by atoms with Crippen molar-refractivity contribution in [1.82, 2.24) is 15.1 Å². The molecule has 0 radical (unpaired) electrons. The van der Waals surface area contributed by atoms with Crippen molar-refractivity contribution in [2.45, 2.75) is 26.8 Å². The fraction of sp³-hybridized carbons (Fsp3) is 0.476. The maximum Gasteiger partial charge on any atom is 0.337 e. The van der Waals surface area contributed by atoms with Crippen LogP contribution in [-0.2, 0) is 14.3 Å². The predicted molar refractivity (Wildman–Crippen MR) is 115 cm³/mol. The van der Waals surface area contributed by atoms with Crippen LogP contribution in [0, 0.1) is 0 Å². The molecule has 0 amide bonds. The van der Waals surface area contributed by atoms with Gasteiger partial charge in [-0.15, -0.1) is 0 Å². The Morgan fingerprint density at radius 1 is 1.10 bits per heavy atom. The minimum absolute atomic E-state index is 0.410. The lowest BCUT2D eigenvalue weighted by atomic mass is 9.94. The number of hydrogen-bond acceptors (Lipinski definition) is 6. The molecule has 1 aliphatic rings. The van der Waals surface area contributed by atoms with Crippen molar-refractivity contribution in [3.05, 3.63) is 46.7 Å². The first-order chi connectivity index (χ1) is 13.9. The van der Waals surface area contributed by atoms with Gasteiger partial charge in [0.1, 0.15) is 0 Å². The van der Waals surface area contributed by atoms with Gasteiger partial charge in [0.05, 0.1) is 31.4 Å². The summed E-state index contributed by atoms with van der Waals surface area (Å²) in [5.74, 6) is -0.821. The van der Waals surface area contributed by atoms with E-state index in [1.54, 1.807) is 24.3 Å². The number of allylic oxidation sites excluding steroid dienone is 1. The molecular weight excluding hydrogens is 390 g/mol. The Morgan fingerprint density at radius 2 is 1.69 bits per heavy atom. The number of methoxy groups -OCH3 is 2. The molecule has 7 nitrogen and oxygen atoms in total. The molecule has 0 saturated heterocycles. The second-order valence-corrected chi connectivity index (χ2v) is 7.05. The number of rotatable bonds is 8. The van der Waals surface area contributed by atoms with E-state index in [0.29, 0.717) is 22.8 Å². The summed E-state index contributed by atoms with van der Waals surface area (Å²) in [5.41, 5.74) is 2.53. The van der Waals surface area contributed by atoms with Gasteiger partial charge in [-0.2, -0.15) is 0 Å². The normalized spacial score (nSPS) is 16.7. The highest BCUT2D eigenvalue weighted by Crippen LogP contribution is 2.31. The average Bonchev–Trinajstić information content (AvgIpc) is 2.74. The van der Waals surface area contributed by atoms with E-state index in [4.69, 9.17) is 21.7 Å². The van der Waals surface area contributed by atoms with Crippen LogP contribution < -0.4 is 5.32 Å². The zero-order valence-corrected chi connectivity index (χ0v) is 18.5. The van der Waals surface area contributed by atoms with E-state index in [1.165, 1.54) is 14.2 Å². The molecule has 0 saturated carbocycles. The number of nitrogens with zero attached hydrogens (tertiary/aromatic N) is 2. The fourth-order valence-electron chi connectivity index (χ4n) is 3.39. The van der Waals surface area contributed by atoms with E-state index >= 15 is 0 Å². The van der Waals surface area contributed by atoms with Crippen LogP contribution in [0.4, 0.5) is 0 Å². The third-order valence-electron chi connectivity index (χ3n) is 5.20. The number of carbonyl (C=O) groups is 2. The predicted octanol–water partition coefficient (Wildman–Crippen LogP) is 2.49. The molecule has 0 spiro atoms. The van der Waals surface area contributed by atoms with Gasteiger partial charge in [-0.05, 0) is 49.9 Å². The van der Waals surface area contributed by atoms with E-state index in [2.05, 4.69) is 24.1 Å². The van der Waals surface area contributed by atoms with Crippen LogP contribution in [0.15, 0.2) is 35.5 Å². The second-order valence-electron chi connectivity index (χ2n) is 6.67. The maximum atomic E-state index is 12.6. The van der Waals surface area contributed by atoms with Crippen LogP contribution in [0.1, 0.15) is 42.7 Å². The molecule has 1 N–H and O–H groups in total. The quantitative estimate of drug-likeness (QED) is 0.509. The summed E-state index contributed by atoms with van der Waals surface area (Å²) in [5, 5.41) is 3.82. The highest BCUT2D eigenvalue weighted by atomic mass is 32.1. The van der Waals surface area contributed by atoms with Gasteiger partial charge in [-0.3, -0.25) is 0 Å². The molecule has 2 rings (SSSR count). The van der Waals surface area contributed by atoms with Gasteiger partial charge in [0.15, 0.2) is 5.11 Å². The summed E-state index contributed by atoms with van der Waals surface area (Å²) in [6.45, 7) is 9.53. The molecule has 158 valence electrons. The number of carbonyl (C=O) groups excluding carboxylic acids is 2. The van der Waals surface area contributed by atoms with Crippen LogP contribution in [0.2, 0.25) is 0 Å². The SMILES string of the molecule is CCN(CC)CCN1C(=S)N[C@H](c2ccc(C(=O)OC)cc2)C(C(=O)OC)=C1C. The highest BCUT2D eigenvalue weighted by Gasteiger charge is 2.34. The van der Waals surface area contributed by atoms with Gasteiger partial charge in [0.2, 0.25) is 0 Å². The Kier molecular flexibility index (Phi) is 8.16. The molecule has 0 unspecified atom stereocenters. The lowest BCUT2D eigenvalue weighted by molar-refractivity contribution is -0.136. The molecule has 1 aliphatic heterocycles. The molecule has 1 aromatic carbocycles. The Labute approximate surface area is 177 Å². The first kappa shape index (κ1) is 22.8. The number of hydrogen-bond donors (Lipinski definition) is 1. The number of thiocarbonyl (C=S) groups is 1. The van der Waals surface area contributed by atoms with E-state index in [1.807, 2.05) is 11.8 Å². The number of likely N-dealkylation sites (N-methyl/N-ethyl adjacent to an activating group) is 1. The van der Waals surface area contributed by atoms with Crippen molar-refractivity contribution in [2.24, 2.45) is 0 Å². The lowest BCUT2D eigenvalue weighted by Gasteiger charge is -2.38. The monoisotopic (exact) mass is 419 g/mol. The van der Waals surface area contributed by atoms with Gasteiger partial charge in [0.25, 0.3) is 0 Å². The number of nitrogens with one attached hydrogen (secondary N) is 1. The van der Waals surface area contributed by atoms with Gasteiger partial charge < -0.3 is 24.6 Å². The third-order valence-corrected chi connectivity index (χ3v) is 5.54. The topological polar surface area (TPSA) is 71.1 Å². The largest absolute Gasteiger partial charge is 0.466 e. The third kappa shape index (κ3) is 5.13. The van der Waals surface area contributed by atoms with E-state index in [-0.39, 0.29) is 0 Å². The van der Waals surface area contributed by atoms with E-state index in [0.717, 1.165) is 30.9 Å². The minimum Gasteiger partial charge on any atom is -0.466 e. The fourth-order valence-corrected chi connectivity index (χ4v) is 3.73. The van der Waals surface area contributed by atoms with Crippen molar-refractivity contribution in [3.63, 3.8) is 0 Å². The summed E-state index contributed by atoms with van der Waals surface area (Å²) < 4.78 is 9.79. The maximum absolute atomic E-state index is 12.6. The van der Waals surface area contributed by atoms with Gasteiger partial charge in [0, 0.05) is 18.8 Å². The van der Waals surface area contributed by atoms with Crippen molar-refractivity contribution in [2.75, 3.05) is 40.4 Å². The molecule has 8 heteroatoms. The first-order valence-electron chi connectivity index (χ1n) is 9.65. The van der Waals surface area contributed by atoms with Crippen molar-refractivity contribution in [3.8, 4) is 0 Å². The second kappa shape index (κ2) is 10.4. The molecule has 1 aromatic rings. The smallest absolute Gasteiger partial charge is 0.337 e. The van der Waals surface area contributed by atoms with Gasteiger partial charge in [-0.1, -0.05) is 26.0 Å². The van der Waals surface area contributed by atoms with E-state index in [9.17, 15) is 9.59 Å². The van der Waals surface area contributed by atoms with Crippen LogP contribution >= 0.6 is 12.2 Å². The van der Waals surface area contributed by atoms with Crippen LogP contribution in [-0.4, -0.2) is 67.2 Å². The molecule has 0 bridgehead atoms. The molecule has 0 fully saturated rings. The summed E-state index contributed by atoms with van der Waals surface area (Å²) in [7, 11) is 2.71. The lowest BCUT2D eigenvalue weighted by Crippen LogP contribution is -2.49. The zero-order valence-electron chi connectivity index (χ0n) is 17.7. The first-order valence-corrected chi connectivity index (χ1v) is 10.1. The molecule has 29 heavy (non-hydrogen) atoms. The molecule has 0 aromatic heterocycles. The van der Waals surface area contributed by atoms with E-state index < -0.39 is 18.0 Å². The summed E-state index contributed by atoms with van der Waals surface area (Å²) in [6, 6.07) is 6.46. The Bertz CT molecular complexity index is 788. The van der Waals surface area contributed by atoms with Crippen molar-refractivity contribution < 1.29 is 19.1 Å². The van der Waals surface area contributed by atoms with Crippen LogP contribution in [0.3, 0.4) is 0 Å². The molecule has 0 aliphatic carbocycles. The average molecular weight is 420 g/mol. The Hall–Kier alpha value is -2.45. The Morgan fingerprint density at radius 3 is 2.21 bits per heavy atom. The summed E-state index contributed by atoms with van der Waals surface area (Å²) >= 11 is 5.60. The van der Waals surface area contributed by atoms with Crippen molar-refractivity contribution in [1.29, 1.82) is 0 Å². The minimum atomic E-state index is -0.452. The number of benzene rings is 1. The van der Waals surface area contributed by atoms with Crippen LogP contribution in [0.25, 0.3) is 0 Å². The number of esters is 2. The Balaban J connectivity index is 2.37. The molecule has 1 heterocycles. The molecular formula is C21H29N3O4S. The standard InChI is InChI=1S/C21H29N3O4S/c1-6-23(7-2)12-13-24-14(3)17(20(26)28-5)18(22-21(24)29)15-8-10-16(11-9-15)19(25)27-4/h8-11,18H,6-7,12-13H2,1-5H3,(H,22,29)/t18-/m1/s1. The van der Waals surface area contributed by atoms with Crippen molar-refractivity contribution >= 4 is 29.3 Å². The van der Waals surface area contributed by atoms with Gasteiger partial charge in [-0.25, -0.2) is 9.59 Å². The van der Waals surface area contributed by atoms with Crippen LogP contribution in [0.5, 0.6) is 0 Å². The summed E-state index contributed by atoms with van der Waals surface area (Å²) in [6.07, 6.45) is 0. The highest BCUT2D eigenvalue weighted by molar-refractivity contribution is 7.80.